The lowest BCUT2D eigenvalue weighted by molar-refractivity contribution is -0.116. The topological polar surface area (TPSA) is 113 Å². The number of anilines is 1. The van der Waals surface area contributed by atoms with Crippen molar-refractivity contribution in [1.82, 2.24) is 15.3 Å². The maximum absolute atomic E-state index is 12.4. The Labute approximate surface area is 157 Å². The Kier molecular flexibility index (Phi) is 6.70. The van der Waals surface area contributed by atoms with Gasteiger partial charge in [-0.3, -0.25) is 9.59 Å². The minimum Gasteiger partial charge on any atom is -0.465 e. The first-order valence-electron chi connectivity index (χ1n) is 8.67. The maximum atomic E-state index is 12.4. The number of ether oxygens (including phenoxy) is 1. The van der Waals surface area contributed by atoms with Crippen LogP contribution in [0.25, 0.3) is 0 Å². The molecule has 0 saturated heterocycles. The highest BCUT2D eigenvalue weighted by Crippen LogP contribution is 2.20. The summed E-state index contributed by atoms with van der Waals surface area (Å²) in [6, 6.07) is 3.57. The number of aromatic amines is 1. The zero-order chi connectivity index (χ0) is 20.0. The molecule has 2 aromatic heterocycles. The zero-order valence-corrected chi connectivity index (χ0v) is 15.9. The second-order valence-corrected chi connectivity index (χ2v) is 6.10. The number of pyridine rings is 1. The highest BCUT2D eigenvalue weighted by Gasteiger charge is 2.23. The summed E-state index contributed by atoms with van der Waals surface area (Å²) in [5, 5.41) is 5.35. The van der Waals surface area contributed by atoms with Crippen LogP contribution in [0.3, 0.4) is 0 Å². The molecule has 0 aliphatic carbocycles. The largest absolute Gasteiger partial charge is 0.465 e. The van der Waals surface area contributed by atoms with E-state index in [4.69, 9.17) is 4.74 Å². The molecule has 8 heteroatoms. The predicted molar refractivity (Wildman–Crippen MR) is 101 cm³/mol. The van der Waals surface area contributed by atoms with Crippen molar-refractivity contribution in [1.29, 1.82) is 0 Å². The van der Waals surface area contributed by atoms with E-state index in [1.54, 1.807) is 19.2 Å². The summed E-state index contributed by atoms with van der Waals surface area (Å²) in [5.41, 5.74) is 2.86. The van der Waals surface area contributed by atoms with Crippen molar-refractivity contribution in [3.8, 4) is 0 Å². The summed E-state index contributed by atoms with van der Waals surface area (Å²) >= 11 is 0. The van der Waals surface area contributed by atoms with Crippen molar-refractivity contribution in [2.75, 3.05) is 19.0 Å². The van der Waals surface area contributed by atoms with Gasteiger partial charge in [-0.05, 0) is 37.5 Å². The lowest BCUT2D eigenvalue weighted by Gasteiger charge is -2.06. The number of methoxy groups -OCH3 is 1. The molecule has 0 saturated carbocycles. The molecule has 3 N–H and O–H groups in total. The van der Waals surface area contributed by atoms with E-state index in [9.17, 15) is 14.4 Å². The quantitative estimate of drug-likeness (QED) is 0.645. The number of hydrogen-bond acceptors (Lipinski definition) is 5. The van der Waals surface area contributed by atoms with Crippen molar-refractivity contribution >= 4 is 23.6 Å². The van der Waals surface area contributed by atoms with E-state index in [0.29, 0.717) is 34.8 Å². The number of carbonyl (C=O) groups excluding carboxylic acids is 3. The van der Waals surface area contributed by atoms with Gasteiger partial charge < -0.3 is 20.4 Å². The van der Waals surface area contributed by atoms with Crippen LogP contribution >= 0.6 is 0 Å². The van der Waals surface area contributed by atoms with Gasteiger partial charge in [0.15, 0.2) is 0 Å². The fraction of sp³-hybridized carbons (Fsp3) is 0.368. The fourth-order valence-corrected chi connectivity index (χ4v) is 2.65. The average Bonchev–Trinajstić information content (AvgIpc) is 2.99. The van der Waals surface area contributed by atoms with Crippen molar-refractivity contribution < 1.29 is 19.1 Å². The number of esters is 1. The summed E-state index contributed by atoms with van der Waals surface area (Å²) in [4.78, 5) is 43.3. The van der Waals surface area contributed by atoms with E-state index in [1.807, 2.05) is 19.9 Å². The number of amides is 2. The third-order valence-electron chi connectivity index (χ3n) is 4.11. The van der Waals surface area contributed by atoms with E-state index in [0.717, 1.165) is 5.56 Å². The van der Waals surface area contributed by atoms with Crippen LogP contribution in [0, 0.1) is 13.8 Å². The molecule has 2 amide bonds. The van der Waals surface area contributed by atoms with Crippen LogP contribution < -0.4 is 10.6 Å². The smallest absolute Gasteiger partial charge is 0.339 e. The SMILES string of the molecule is CCc1[nH]c(C(=O)NCCC(=O)Nc2ccc(C)cn2)c(C)c1C(=O)OC. The van der Waals surface area contributed by atoms with Gasteiger partial charge in [0.25, 0.3) is 5.91 Å². The molecule has 0 aliphatic rings. The number of hydrogen-bond donors (Lipinski definition) is 3. The number of H-pyrrole nitrogens is 1. The van der Waals surface area contributed by atoms with Gasteiger partial charge in [0.05, 0.1) is 12.7 Å². The van der Waals surface area contributed by atoms with Gasteiger partial charge in [-0.25, -0.2) is 9.78 Å². The van der Waals surface area contributed by atoms with E-state index < -0.39 is 5.97 Å². The Bertz CT molecular complexity index is 840. The normalized spacial score (nSPS) is 10.4. The molecule has 0 atom stereocenters. The molecule has 0 unspecified atom stereocenters. The lowest BCUT2D eigenvalue weighted by atomic mass is 10.1. The zero-order valence-electron chi connectivity index (χ0n) is 15.9. The monoisotopic (exact) mass is 372 g/mol. The second kappa shape index (κ2) is 8.98. The van der Waals surface area contributed by atoms with Gasteiger partial charge >= 0.3 is 5.97 Å². The Hall–Kier alpha value is -3.16. The van der Waals surface area contributed by atoms with Crippen LogP contribution in [0.4, 0.5) is 5.82 Å². The van der Waals surface area contributed by atoms with E-state index in [-0.39, 0.29) is 24.8 Å². The molecule has 8 nitrogen and oxygen atoms in total. The number of carbonyl (C=O) groups is 3. The third kappa shape index (κ3) is 4.93. The van der Waals surface area contributed by atoms with Crippen molar-refractivity contribution in [2.45, 2.75) is 33.6 Å². The van der Waals surface area contributed by atoms with Gasteiger partial charge in [-0.1, -0.05) is 13.0 Å². The lowest BCUT2D eigenvalue weighted by Crippen LogP contribution is -2.28. The van der Waals surface area contributed by atoms with E-state index >= 15 is 0 Å². The van der Waals surface area contributed by atoms with Gasteiger partial charge in [0.1, 0.15) is 11.5 Å². The summed E-state index contributed by atoms with van der Waals surface area (Å²) in [6.45, 7) is 5.63. The van der Waals surface area contributed by atoms with Crippen LogP contribution in [0.2, 0.25) is 0 Å². The van der Waals surface area contributed by atoms with Gasteiger partial charge in [0, 0.05) is 24.9 Å². The average molecular weight is 372 g/mol. The molecule has 2 aromatic rings. The van der Waals surface area contributed by atoms with Crippen molar-refractivity contribution in [3.63, 3.8) is 0 Å². The number of rotatable bonds is 7. The highest BCUT2D eigenvalue weighted by atomic mass is 16.5. The van der Waals surface area contributed by atoms with Crippen molar-refractivity contribution in [2.24, 2.45) is 0 Å². The number of aromatic nitrogens is 2. The Morgan fingerprint density at radius 1 is 1.22 bits per heavy atom. The molecule has 0 bridgehead atoms. The number of nitrogens with one attached hydrogen (secondary N) is 3. The molecule has 2 rings (SSSR count). The molecule has 0 aromatic carbocycles. The van der Waals surface area contributed by atoms with Crippen LogP contribution in [0.1, 0.15) is 51.0 Å². The van der Waals surface area contributed by atoms with E-state index in [1.165, 1.54) is 7.11 Å². The molecule has 0 fully saturated rings. The first-order valence-corrected chi connectivity index (χ1v) is 8.67. The Morgan fingerprint density at radius 2 is 1.96 bits per heavy atom. The molecular formula is C19H24N4O4. The molecule has 0 aliphatic heterocycles. The molecule has 144 valence electrons. The van der Waals surface area contributed by atoms with Gasteiger partial charge in [-0.2, -0.15) is 0 Å². The second-order valence-electron chi connectivity index (χ2n) is 6.10. The maximum Gasteiger partial charge on any atom is 0.339 e. The molecule has 27 heavy (non-hydrogen) atoms. The molecular weight excluding hydrogens is 348 g/mol. The van der Waals surface area contributed by atoms with Crippen LogP contribution in [0.15, 0.2) is 18.3 Å². The van der Waals surface area contributed by atoms with E-state index in [2.05, 4.69) is 20.6 Å². The Balaban J connectivity index is 1.94. The first kappa shape index (κ1) is 20.2. The standard InChI is InChI=1S/C19H24N4O4/c1-5-13-16(19(26)27-4)12(3)17(22-13)18(25)20-9-8-15(24)23-14-7-6-11(2)10-21-14/h6-7,10,22H,5,8-9H2,1-4H3,(H,20,25)(H,21,23,24). The van der Waals surface area contributed by atoms with Crippen molar-refractivity contribution in [3.05, 3.63) is 46.4 Å². The minimum absolute atomic E-state index is 0.103. The predicted octanol–water partition coefficient (Wildman–Crippen LogP) is 2.13. The fourth-order valence-electron chi connectivity index (χ4n) is 2.65. The van der Waals surface area contributed by atoms with Gasteiger partial charge in [0.2, 0.25) is 5.91 Å². The molecule has 0 spiro atoms. The summed E-state index contributed by atoms with van der Waals surface area (Å²) in [6.07, 6.45) is 2.33. The Morgan fingerprint density at radius 3 is 2.56 bits per heavy atom. The molecule has 2 heterocycles. The highest BCUT2D eigenvalue weighted by molar-refractivity contribution is 6.00. The minimum atomic E-state index is -0.482. The van der Waals surface area contributed by atoms with Crippen LogP contribution in [-0.2, 0) is 16.0 Å². The van der Waals surface area contributed by atoms with Crippen LogP contribution in [0.5, 0.6) is 0 Å². The molecule has 0 radical (unpaired) electrons. The van der Waals surface area contributed by atoms with Crippen LogP contribution in [-0.4, -0.2) is 41.4 Å². The number of aryl methyl sites for hydroxylation is 2. The first-order chi connectivity index (χ1) is 12.9. The third-order valence-corrected chi connectivity index (χ3v) is 4.11. The van der Waals surface area contributed by atoms with Gasteiger partial charge in [-0.15, -0.1) is 0 Å². The summed E-state index contributed by atoms with van der Waals surface area (Å²) < 4.78 is 4.78. The summed E-state index contributed by atoms with van der Waals surface area (Å²) in [7, 11) is 1.30. The number of nitrogens with zero attached hydrogens (tertiary/aromatic N) is 1. The summed E-state index contributed by atoms with van der Waals surface area (Å²) in [5.74, 6) is -0.643.